The van der Waals surface area contributed by atoms with Crippen LogP contribution in [0.3, 0.4) is 0 Å². The van der Waals surface area contributed by atoms with Crippen LogP contribution >= 0.6 is 11.6 Å². The van der Waals surface area contributed by atoms with Crippen LogP contribution in [0.2, 0.25) is 5.02 Å². The number of benzene rings is 1. The van der Waals surface area contributed by atoms with Gasteiger partial charge in [0.1, 0.15) is 5.82 Å². The summed E-state index contributed by atoms with van der Waals surface area (Å²) in [6, 6.07) is 4.65. The van der Waals surface area contributed by atoms with Crippen molar-refractivity contribution in [3.8, 4) is 0 Å². The molecule has 0 heterocycles. The maximum atomic E-state index is 13.5. The first-order chi connectivity index (χ1) is 9.47. The van der Waals surface area contributed by atoms with Gasteiger partial charge in [0, 0.05) is 6.42 Å². The zero-order valence-electron chi connectivity index (χ0n) is 12.1. The molecule has 0 bridgehead atoms. The molecule has 2 rings (SSSR count). The summed E-state index contributed by atoms with van der Waals surface area (Å²) < 4.78 is 13.5. The quantitative estimate of drug-likeness (QED) is 0.841. The summed E-state index contributed by atoms with van der Waals surface area (Å²) in [4.78, 5) is 14.8. The van der Waals surface area contributed by atoms with Crippen molar-refractivity contribution >= 4 is 17.4 Å². The number of nitrogens with zero attached hydrogens (tertiary/aromatic N) is 1. The molecule has 0 atom stereocenters. The molecule has 0 N–H and O–H groups in total. The van der Waals surface area contributed by atoms with Gasteiger partial charge in [0.05, 0.1) is 10.6 Å². The summed E-state index contributed by atoms with van der Waals surface area (Å²) in [5, 5.41) is 0.0746. The summed E-state index contributed by atoms with van der Waals surface area (Å²) >= 11 is 5.96. The summed E-state index contributed by atoms with van der Waals surface area (Å²) in [5.41, 5.74) is 0.178. The van der Waals surface area contributed by atoms with Crippen molar-refractivity contribution in [2.75, 3.05) is 14.1 Å². The van der Waals surface area contributed by atoms with Crippen molar-refractivity contribution in [1.82, 2.24) is 4.90 Å². The van der Waals surface area contributed by atoms with Crippen LogP contribution in [0.15, 0.2) is 18.2 Å². The molecule has 2 nitrogen and oxygen atoms in total. The average molecular weight is 298 g/mol. The molecule has 20 heavy (non-hydrogen) atoms. The van der Waals surface area contributed by atoms with Gasteiger partial charge in [-0.1, -0.05) is 43.0 Å². The molecule has 1 aliphatic rings. The average Bonchev–Trinajstić information content (AvgIpc) is 2.44. The highest BCUT2D eigenvalue weighted by Crippen LogP contribution is 2.34. The second kappa shape index (κ2) is 6.23. The normalized spacial score (nSPS) is 18.2. The maximum Gasteiger partial charge on any atom is 0.157 e. The predicted molar refractivity (Wildman–Crippen MR) is 79.6 cm³/mol. The van der Waals surface area contributed by atoms with E-state index in [-0.39, 0.29) is 17.2 Å². The van der Waals surface area contributed by atoms with E-state index in [2.05, 4.69) is 0 Å². The Labute approximate surface area is 124 Å². The minimum Gasteiger partial charge on any atom is -0.297 e. The fraction of sp³-hybridized carbons (Fsp3) is 0.562. The molecular weight excluding hydrogens is 277 g/mol. The minimum atomic E-state index is -0.459. The Bertz CT molecular complexity index is 495. The lowest BCUT2D eigenvalue weighted by molar-refractivity contribution is -0.131. The number of Topliss-reactive ketones (excluding diaryl/α,β-unsaturated/α-hetero) is 1. The van der Waals surface area contributed by atoms with E-state index in [0.29, 0.717) is 5.56 Å². The van der Waals surface area contributed by atoms with Crippen molar-refractivity contribution in [3.63, 3.8) is 0 Å². The Hall–Kier alpha value is -0.930. The van der Waals surface area contributed by atoms with Gasteiger partial charge in [-0.15, -0.1) is 0 Å². The molecule has 1 fully saturated rings. The van der Waals surface area contributed by atoms with E-state index in [0.717, 1.165) is 25.7 Å². The largest absolute Gasteiger partial charge is 0.297 e. The first kappa shape index (κ1) is 15.5. The van der Waals surface area contributed by atoms with Gasteiger partial charge < -0.3 is 0 Å². The predicted octanol–water partition coefficient (Wildman–Crippen LogP) is 3.86. The van der Waals surface area contributed by atoms with Gasteiger partial charge in [-0.2, -0.15) is 0 Å². The standard InChI is InChI=1S/C16H21ClFNO/c1-19(2)16(9-4-3-5-10-16)14(20)11-12-7-6-8-13(18)15(12)17/h6-8H,3-5,9-11H2,1-2H3. The molecule has 0 spiro atoms. The van der Waals surface area contributed by atoms with Crippen LogP contribution in [-0.4, -0.2) is 30.3 Å². The van der Waals surface area contributed by atoms with Crippen molar-refractivity contribution in [3.05, 3.63) is 34.6 Å². The lowest BCUT2D eigenvalue weighted by atomic mass is 9.76. The molecule has 1 aromatic rings. The molecule has 4 heteroatoms. The molecule has 0 aliphatic heterocycles. The third-order valence-electron chi connectivity index (χ3n) is 4.44. The van der Waals surface area contributed by atoms with E-state index in [4.69, 9.17) is 11.6 Å². The van der Waals surface area contributed by atoms with Crippen LogP contribution in [0.5, 0.6) is 0 Å². The highest BCUT2D eigenvalue weighted by atomic mass is 35.5. The third kappa shape index (κ3) is 2.89. The van der Waals surface area contributed by atoms with Gasteiger partial charge in [0.15, 0.2) is 5.78 Å². The van der Waals surface area contributed by atoms with Crippen LogP contribution < -0.4 is 0 Å². The van der Waals surface area contributed by atoms with Crippen LogP contribution in [0, 0.1) is 5.82 Å². The maximum absolute atomic E-state index is 13.5. The van der Waals surface area contributed by atoms with Crippen LogP contribution in [-0.2, 0) is 11.2 Å². The van der Waals surface area contributed by atoms with Gasteiger partial charge in [0.2, 0.25) is 0 Å². The van der Waals surface area contributed by atoms with Crippen molar-refractivity contribution in [2.24, 2.45) is 0 Å². The van der Waals surface area contributed by atoms with Crippen molar-refractivity contribution in [1.29, 1.82) is 0 Å². The van der Waals surface area contributed by atoms with Gasteiger partial charge in [0.25, 0.3) is 0 Å². The Kier molecular flexibility index (Phi) is 4.82. The number of likely N-dealkylation sites (N-methyl/N-ethyl adjacent to an activating group) is 1. The minimum absolute atomic E-state index is 0.0746. The van der Waals surface area contributed by atoms with Gasteiger partial charge >= 0.3 is 0 Å². The topological polar surface area (TPSA) is 20.3 Å². The second-order valence-electron chi connectivity index (χ2n) is 5.80. The third-order valence-corrected chi connectivity index (χ3v) is 4.86. The van der Waals surface area contributed by atoms with Gasteiger partial charge in [-0.3, -0.25) is 9.69 Å². The fourth-order valence-electron chi connectivity index (χ4n) is 3.13. The number of carbonyl (C=O) groups is 1. The number of ketones is 1. The number of rotatable bonds is 4. The summed E-state index contributed by atoms with van der Waals surface area (Å²) in [5.74, 6) is -0.311. The van der Waals surface area contributed by atoms with E-state index in [1.54, 1.807) is 12.1 Å². The number of hydrogen-bond acceptors (Lipinski definition) is 2. The Morgan fingerprint density at radius 2 is 1.95 bits per heavy atom. The van der Waals surface area contributed by atoms with E-state index in [9.17, 15) is 9.18 Å². The van der Waals surface area contributed by atoms with E-state index < -0.39 is 11.4 Å². The monoisotopic (exact) mass is 297 g/mol. The van der Waals surface area contributed by atoms with Crippen LogP contribution in [0.1, 0.15) is 37.7 Å². The number of hydrogen-bond donors (Lipinski definition) is 0. The number of carbonyl (C=O) groups excluding carboxylic acids is 1. The zero-order valence-corrected chi connectivity index (χ0v) is 12.8. The zero-order chi connectivity index (χ0) is 14.8. The Balaban J connectivity index is 2.23. The summed E-state index contributed by atoms with van der Waals surface area (Å²) in [6.45, 7) is 0. The van der Waals surface area contributed by atoms with E-state index in [1.165, 1.54) is 12.5 Å². The van der Waals surface area contributed by atoms with Crippen molar-refractivity contribution < 1.29 is 9.18 Å². The molecule has 1 saturated carbocycles. The van der Waals surface area contributed by atoms with Crippen molar-refractivity contribution in [2.45, 2.75) is 44.1 Å². The smallest absolute Gasteiger partial charge is 0.157 e. The summed E-state index contributed by atoms with van der Waals surface area (Å²) in [6.07, 6.45) is 5.29. The highest BCUT2D eigenvalue weighted by molar-refractivity contribution is 6.31. The lowest BCUT2D eigenvalue weighted by Crippen LogP contribution is -2.53. The van der Waals surface area contributed by atoms with E-state index in [1.807, 2.05) is 19.0 Å². The fourth-order valence-corrected chi connectivity index (χ4v) is 3.33. The first-order valence-corrected chi connectivity index (χ1v) is 7.49. The molecule has 0 saturated heterocycles. The molecule has 0 amide bonds. The molecule has 1 aromatic carbocycles. The lowest BCUT2D eigenvalue weighted by Gasteiger charge is -2.41. The summed E-state index contributed by atoms with van der Waals surface area (Å²) in [7, 11) is 3.91. The van der Waals surface area contributed by atoms with Gasteiger partial charge in [-0.05, 0) is 38.6 Å². The van der Waals surface area contributed by atoms with Gasteiger partial charge in [-0.25, -0.2) is 4.39 Å². The molecule has 0 radical (unpaired) electrons. The molecular formula is C16H21ClFNO. The second-order valence-corrected chi connectivity index (χ2v) is 6.18. The van der Waals surface area contributed by atoms with Crippen LogP contribution in [0.4, 0.5) is 4.39 Å². The highest BCUT2D eigenvalue weighted by Gasteiger charge is 2.40. The molecule has 1 aliphatic carbocycles. The molecule has 0 aromatic heterocycles. The Morgan fingerprint density at radius 1 is 1.30 bits per heavy atom. The Morgan fingerprint density at radius 3 is 2.55 bits per heavy atom. The SMILES string of the molecule is CN(C)C1(C(=O)Cc2cccc(F)c2Cl)CCCCC1. The molecule has 0 unspecified atom stereocenters. The van der Waals surface area contributed by atoms with E-state index >= 15 is 0 Å². The molecule has 110 valence electrons. The van der Waals surface area contributed by atoms with Crippen LogP contribution in [0.25, 0.3) is 0 Å². The number of halogens is 2. The first-order valence-electron chi connectivity index (χ1n) is 7.11.